The van der Waals surface area contributed by atoms with E-state index in [1.807, 2.05) is 0 Å². The average molecular weight is 290 g/mol. The first-order valence-corrected chi connectivity index (χ1v) is 7.32. The van der Waals surface area contributed by atoms with Crippen LogP contribution in [0, 0.1) is 11.8 Å². The molecule has 1 aromatic heterocycles. The monoisotopic (exact) mass is 290 g/mol. The summed E-state index contributed by atoms with van der Waals surface area (Å²) in [5.74, 6) is 0.819. The Hall–Kier alpha value is -2.11. The number of nitrogens with zero attached hydrogens (tertiary/aromatic N) is 1. The number of anilines is 1. The van der Waals surface area contributed by atoms with Gasteiger partial charge in [0.25, 0.3) is 5.91 Å². The molecule has 1 fully saturated rings. The number of hydrogen-bond acceptors (Lipinski definition) is 4. The Bertz CT molecular complexity index is 510. The van der Waals surface area contributed by atoms with Crippen LogP contribution < -0.4 is 16.4 Å². The Morgan fingerprint density at radius 1 is 1.29 bits per heavy atom. The number of amides is 2. The molecular formula is C15H22N4O2. The first kappa shape index (κ1) is 15.3. The van der Waals surface area contributed by atoms with Crippen molar-refractivity contribution in [1.82, 2.24) is 15.6 Å². The van der Waals surface area contributed by atoms with Crippen molar-refractivity contribution in [1.29, 1.82) is 0 Å². The molecule has 0 spiro atoms. The van der Waals surface area contributed by atoms with E-state index >= 15 is 0 Å². The summed E-state index contributed by atoms with van der Waals surface area (Å²) in [7, 11) is 1.67. The van der Waals surface area contributed by atoms with Crippen LogP contribution in [-0.2, 0) is 4.79 Å². The standard InChI is InChI=1S/C15H22N4O2/c1-17-14(20)11-7-5-10(6-8-11)9-18-15(21)12-3-2-4-13(16)19-12/h2-4,10-11H,5-9H2,1H3,(H2,16,19)(H,17,20)(H,18,21). The first-order valence-electron chi connectivity index (χ1n) is 7.32. The quantitative estimate of drug-likeness (QED) is 0.769. The van der Waals surface area contributed by atoms with E-state index in [1.165, 1.54) is 0 Å². The second-order valence-corrected chi connectivity index (χ2v) is 5.49. The molecule has 0 aliphatic heterocycles. The number of nitrogen functional groups attached to an aromatic ring is 1. The fourth-order valence-electron chi connectivity index (χ4n) is 2.74. The van der Waals surface area contributed by atoms with Gasteiger partial charge in [-0.15, -0.1) is 0 Å². The van der Waals surface area contributed by atoms with E-state index in [2.05, 4.69) is 15.6 Å². The van der Waals surface area contributed by atoms with Gasteiger partial charge in [0.15, 0.2) is 0 Å². The van der Waals surface area contributed by atoms with Crippen molar-refractivity contribution in [3.05, 3.63) is 23.9 Å². The van der Waals surface area contributed by atoms with Gasteiger partial charge in [-0.2, -0.15) is 0 Å². The van der Waals surface area contributed by atoms with Crippen molar-refractivity contribution in [2.75, 3.05) is 19.3 Å². The normalized spacial score (nSPS) is 21.6. The maximum Gasteiger partial charge on any atom is 0.269 e. The highest BCUT2D eigenvalue weighted by Gasteiger charge is 2.25. The van der Waals surface area contributed by atoms with Crippen LogP contribution in [0.3, 0.4) is 0 Å². The molecule has 6 nitrogen and oxygen atoms in total. The molecule has 2 amide bonds. The van der Waals surface area contributed by atoms with Crippen molar-refractivity contribution in [2.24, 2.45) is 11.8 Å². The zero-order valence-corrected chi connectivity index (χ0v) is 12.3. The summed E-state index contributed by atoms with van der Waals surface area (Å²) >= 11 is 0. The van der Waals surface area contributed by atoms with Crippen molar-refractivity contribution in [3.8, 4) is 0 Å². The van der Waals surface area contributed by atoms with Crippen molar-refractivity contribution in [2.45, 2.75) is 25.7 Å². The minimum Gasteiger partial charge on any atom is -0.384 e. The number of carbonyl (C=O) groups excluding carboxylic acids is 2. The minimum atomic E-state index is -0.198. The summed E-state index contributed by atoms with van der Waals surface area (Å²) in [6, 6.07) is 5.01. The lowest BCUT2D eigenvalue weighted by Gasteiger charge is -2.27. The van der Waals surface area contributed by atoms with Crippen molar-refractivity contribution < 1.29 is 9.59 Å². The van der Waals surface area contributed by atoms with E-state index in [0.29, 0.717) is 24.0 Å². The second kappa shape index (κ2) is 7.06. The number of nitrogens with one attached hydrogen (secondary N) is 2. The van der Waals surface area contributed by atoms with Crippen LogP contribution in [0.5, 0.6) is 0 Å². The van der Waals surface area contributed by atoms with Gasteiger partial charge >= 0.3 is 0 Å². The predicted molar refractivity (Wildman–Crippen MR) is 80.5 cm³/mol. The molecule has 21 heavy (non-hydrogen) atoms. The van der Waals surface area contributed by atoms with Gasteiger partial charge in [0.05, 0.1) is 0 Å². The van der Waals surface area contributed by atoms with Gasteiger partial charge < -0.3 is 16.4 Å². The first-order chi connectivity index (χ1) is 10.1. The van der Waals surface area contributed by atoms with E-state index in [1.54, 1.807) is 25.2 Å². The zero-order valence-electron chi connectivity index (χ0n) is 12.3. The molecule has 114 valence electrons. The minimum absolute atomic E-state index is 0.123. The Morgan fingerprint density at radius 3 is 2.62 bits per heavy atom. The lowest BCUT2D eigenvalue weighted by atomic mass is 9.81. The lowest BCUT2D eigenvalue weighted by molar-refractivity contribution is -0.125. The van der Waals surface area contributed by atoms with Crippen LogP contribution in [0.25, 0.3) is 0 Å². The van der Waals surface area contributed by atoms with Crippen LogP contribution in [-0.4, -0.2) is 30.4 Å². The summed E-state index contributed by atoms with van der Waals surface area (Å²) < 4.78 is 0. The Balaban J connectivity index is 1.77. The Morgan fingerprint density at radius 2 is 2.00 bits per heavy atom. The van der Waals surface area contributed by atoms with Crippen LogP contribution in [0.4, 0.5) is 5.82 Å². The molecule has 6 heteroatoms. The molecule has 1 heterocycles. The highest BCUT2D eigenvalue weighted by Crippen LogP contribution is 2.28. The van der Waals surface area contributed by atoms with Crippen LogP contribution >= 0.6 is 0 Å². The topological polar surface area (TPSA) is 97.1 Å². The van der Waals surface area contributed by atoms with Gasteiger partial charge in [-0.1, -0.05) is 6.07 Å². The fourth-order valence-corrected chi connectivity index (χ4v) is 2.74. The Kier molecular flexibility index (Phi) is 5.14. The van der Waals surface area contributed by atoms with Crippen LogP contribution in [0.1, 0.15) is 36.2 Å². The highest BCUT2D eigenvalue weighted by molar-refractivity contribution is 5.92. The number of nitrogens with two attached hydrogens (primary N) is 1. The number of carbonyl (C=O) groups is 2. The second-order valence-electron chi connectivity index (χ2n) is 5.49. The average Bonchev–Trinajstić information content (AvgIpc) is 2.52. The fraction of sp³-hybridized carbons (Fsp3) is 0.533. The summed E-state index contributed by atoms with van der Waals surface area (Å²) in [5.41, 5.74) is 5.90. The maximum absolute atomic E-state index is 12.0. The molecule has 0 saturated heterocycles. The van der Waals surface area contributed by atoms with Gasteiger partial charge in [0.2, 0.25) is 5.91 Å². The van der Waals surface area contributed by atoms with Gasteiger partial charge in [0.1, 0.15) is 11.5 Å². The molecule has 0 bridgehead atoms. The molecule has 2 rings (SSSR count). The molecule has 0 atom stereocenters. The third-order valence-electron chi connectivity index (χ3n) is 4.02. The van der Waals surface area contributed by atoms with E-state index in [9.17, 15) is 9.59 Å². The molecule has 1 aliphatic rings. The number of hydrogen-bond donors (Lipinski definition) is 3. The lowest BCUT2D eigenvalue weighted by Crippen LogP contribution is -2.35. The number of rotatable bonds is 4. The third kappa shape index (κ3) is 4.18. The zero-order chi connectivity index (χ0) is 15.2. The predicted octanol–water partition coefficient (Wildman–Crippen LogP) is 0.946. The summed E-state index contributed by atoms with van der Waals surface area (Å²) in [6.07, 6.45) is 3.69. The third-order valence-corrected chi connectivity index (χ3v) is 4.02. The summed E-state index contributed by atoms with van der Waals surface area (Å²) in [6.45, 7) is 0.621. The van der Waals surface area contributed by atoms with Gasteiger partial charge in [-0.05, 0) is 43.7 Å². The van der Waals surface area contributed by atoms with E-state index in [-0.39, 0.29) is 17.7 Å². The molecule has 1 saturated carbocycles. The maximum atomic E-state index is 12.0. The molecule has 1 aromatic rings. The van der Waals surface area contributed by atoms with E-state index in [0.717, 1.165) is 25.7 Å². The van der Waals surface area contributed by atoms with Crippen LogP contribution in [0.15, 0.2) is 18.2 Å². The van der Waals surface area contributed by atoms with Crippen molar-refractivity contribution >= 4 is 17.6 Å². The van der Waals surface area contributed by atoms with Gasteiger partial charge in [-0.3, -0.25) is 9.59 Å². The van der Waals surface area contributed by atoms with Crippen molar-refractivity contribution in [3.63, 3.8) is 0 Å². The SMILES string of the molecule is CNC(=O)C1CCC(CNC(=O)c2cccc(N)n2)CC1. The molecule has 0 unspecified atom stereocenters. The highest BCUT2D eigenvalue weighted by atomic mass is 16.2. The Labute approximate surface area is 124 Å². The van der Waals surface area contributed by atoms with Gasteiger partial charge in [0, 0.05) is 19.5 Å². The number of pyridine rings is 1. The van der Waals surface area contributed by atoms with E-state index < -0.39 is 0 Å². The molecular weight excluding hydrogens is 268 g/mol. The molecule has 4 N–H and O–H groups in total. The van der Waals surface area contributed by atoms with Gasteiger partial charge in [-0.25, -0.2) is 4.98 Å². The molecule has 0 radical (unpaired) electrons. The summed E-state index contributed by atoms with van der Waals surface area (Å²) in [5, 5.41) is 5.59. The molecule has 0 aromatic carbocycles. The number of aromatic nitrogens is 1. The van der Waals surface area contributed by atoms with E-state index in [4.69, 9.17) is 5.73 Å². The largest absolute Gasteiger partial charge is 0.384 e. The smallest absolute Gasteiger partial charge is 0.269 e. The molecule has 1 aliphatic carbocycles. The summed E-state index contributed by atoms with van der Waals surface area (Å²) in [4.78, 5) is 27.5. The van der Waals surface area contributed by atoms with Crippen LogP contribution in [0.2, 0.25) is 0 Å².